The van der Waals surface area contributed by atoms with Crippen LogP contribution in [-0.2, 0) is 0 Å². The standard InChI is InChI=1S/C16H27N3/c1-4-6-14-8-10-19(12-14)16-11-15(7-9-18-16)13(3)17-5-2/h7,9,11,13-14,17H,4-6,8,10,12H2,1-3H3. The Morgan fingerprint density at radius 2 is 2.32 bits per heavy atom. The van der Waals surface area contributed by atoms with E-state index in [0.717, 1.165) is 24.8 Å². The van der Waals surface area contributed by atoms with Gasteiger partial charge in [0.25, 0.3) is 0 Å². The number of hydrogen-bond donors (Lipinski definition) is 1. The van der Waals surface area contributed by atoms with Gasteiger partial charge in [0, 0.05) is 25.3 Å². The molecule has 1 aliphatic rings. The summed E-state index contributed by atoms with van der Waals surface area (Å²) < 4.78 is 0. The van der Waals surface area contributed by atoms with E-state index in [4.69, 9.17) is 0 Å². The minimum atomic E-state index is 0.404. The molecule has 2 heterocycles. The van der Waals surface area contributed by atoms with Crippen LogP contribution in [0.5, 0.6) is 0 Å². The van der Waals surface area contributed by atoms with Gasteiger partial charge >= 0.3 is 0 Å². The van der Waals surface area contributed by atoms with Crippen LogP contribution in [0.15, 0.2) is 18.3 Å². The molecule has 19 heavy (non-hydrogen) atoms. The van der Waals surface area contributed by atoms with Crippen molar-refractivity contribution in [1.29, 1.82) is 0 Å². The molecule has 2 rings (SSSR count). The summed E-state index contributed by atoms with van der Waals surface area (Å²) in [5.74, 6) is 2.02. The normalized spacial score (nSPS) is 20.8. The van der Waals surface area contributed by atoms with Gasteiger partial charge < -0.3 is 10.2 Å². The van der Waals surface area contributed by atoms with Crippen LogP contribution in [0.1, 0.15) is 51.6 Å². The quantitative estimate of drug-likeness (QED) is 0.851. The van der Waals surface area contributed by atoms with Crippen molar-refractivity contribution in [1.82, 2.24) is 10.3 Å². The van der Waals surface area contributed by atoms with Crippen molar-refractivity contribution < 1.29 is 0 Å². The van der Waals surface area contributed by atoms with E-state index in [0.29, 0.717) is 6.04 Å². The van der Waals surface area contributed by atoms with Crippen LogP contribution in [0.25, 0.3) is 0 Å². The van der Waals surface area contributed by atoms with Gasteiger partial charge in [-0.3, -0.25) is 0 Å². The fourth-order valence-corrected chi connectivity index (χ4v) is 2.99. The highest BCUT2D eigenvalue weighted by Gasteiger charge is 2.22. The molecule has 1 fully saturated rings. The predicted molar refractivity (Wildman–Crippen MR) is 81.6 cm³/mol. The Hall–Kier alpha value is -1.09. The molecule has 0 radical (unpaired) electrons. The lowest BCUT2D eigenvalue weighted by Crippen LogP contribution is -2.22. The van der Waals surface area contributed by atoms with E-state index in [-0.39, 0.29) is 0 Å². The molecule has 2 atom stereocenters. The molecule has 106 valence electrons. The first-order valence-corrected chi connectivity index (χ1v) is 7.68. The highest BCUT2D eigenvalue weighted by atomic mass is 15.2. The van der Waals surface area contributed by atoms with Gasteiger partial charge in [0.1, 0.15) is 5.82 Å². The fourth-order valence-electron chi connectivity index (χ4n) is 2.99. The van der Waals surface area contributed by atoms with Gasteiger partial charge in [-0.2, -0.15) is 0 Å². The molecule has 1 aromatic heterocycles. The Morgan fingerprint density at radius 1 is 1.47 bits per heavy atom. The topological polar surface area (TPSA) is 28.2 Å². The van der Waals surface area contributed by atoms with E-state index in [1.165, 1.54) is 31.4 Å². The molecule has 1 saturated heterocycles. The highest BCUT2D eigenvalue weighted by Crippen LogP contribution is 2.26. The lowest BCUT2D eigenvalue weighted by molar-refractivity contribution is 0.529. The summed E-state index contributed by atoms with van der Waals surface area (Å²) in [6, 6.07) is 4.78. The Kier molecular flexibility index (Phi) is 5.20. The molecule has 0 bridgehead atoms. The first kappa shape index (κ1) is 14.3. The molecule has 0 aliphatic carbocycles. The zero-order valence-electron chi connectivity index (χ0n) is 12.5. The van der Waals surface area contributed by atoms with Crippen molar-refractivity contribution >= 4 is 5.82 Å². The molecule has 0 amide bonds. The number of anilines is 1. The van der Waals surface area contributed by atoms with Gasteiger partial charge in [-0.25, -0.2) is 4.98 Å². The van der Waals surface area contributed by atoms with Crippen molar-refractivity contribution in [2.75, 3.05) is 24.5 Å². The second-order valence-corrected chi connectivity index (χ2v) is 5.62. The monoisotopic (exact) mass is 261 g/mol. The van der Waals surface area contributed by atoms with Crippen molar-refractivity contribution in [3.05, 3.63) is 23.9 Å². The zero-order valence-corrected chi connectivity index (χ0v) is 12.5. The molecular formula is C16H27N3. The van der Waals surface area contributed by atoms with Gasteiger partial charge in [0.05, 0.1) is 0 Å². The smallest absolute Gasteiger partial charge is 0.128 e. The largest absolute Gasteiger partial charge is 0.356 e. The maximum absolute atomic E-state index is 4.56. The summed E-state index contributed by atoms with van der Waals surface area (Å²) in [5, 5.41) is 3.46. The van der Waals surface area contributed by atoms with E-state index < -0.39 is 0 Å². The molecule has 0 saturated carbocycles. The van der Waals surface area contributed by atoms with Gasteiger partial charge in [-0.05, 0) is 49.9 Å². The van der Waals surface area contributed by atoms with E-state index in [1.807, 2.05) is 6.20 Å². The van der Waals surface area contributed by atoms with E-state index in [9.17, 15) is 0 Å². The van der Waals surface area contributed by atoms with E-state index in [1.54, 1.807) is 0 Å². The third kappa shape index (κ3) is 3.69. The van der Waals surface area contributed by atoms with E-state index in [2.05, 4.69) is 48.1 Å². The number of aromatic nitrogens is 1. The molecule has 3 nitrogen and oxygen atoms in total. The van der Waals surface area contributed by atoms with Crippen LogP contribution in [0.2, 0.25) is 0 Å². The lowest BCUT2D eigenvalue weighted by atomic mass is 10.0. The van der Waals surface area contributed by atoms with Crippen LogP contribution in [0.4, 0.5) is 5.82 Å². The van der Waals surface area contributed by atoms with E-state index >= 15 is 0 Å². The van der Waals surface area contributed by atoms with Crippen LogP contribution in [0, 0.1) is 5.92 Å². The summed E-state index contributed by atoms with van der Waals surface area (Å²) in [6.45, 7) is 9.98. The number of nitrogens with one attached hydrogen (secondary N) is 1. The fraction of sp³-hybridized carbons (Fsp3) is 0.688. The summed E-state index contributed by atoms with van der Waals surface area (Å²) in [4.78, 5) is 7.00. The highest BCUT2D eigenvalue weighted by molar-refractivity contribution is 5.42. The Morgan fingerprint density at radius 3 is 3.05 bits per heavy atom. The number of hydrogen-bond acceptors (Lipinski definition) is 3. The average Bonchev–Trinajstić information content (AvgIpc) is 2.88. The van der Waals surface area contributed by atoms with Crippen molar-refractivity contribution in [2.45, 2.75) is 46.1 Å². The van der Waals surface area contributed by atoms with Crippen molar-refractivity contribution in [3.8, 4) is 0 Å². The third-order valence-electron chi connectivity index (χ3n) is 4.09. The van der Waals surface area contributed by atoms with Crippen molar-refractivity contribution in [3.63, 3.8) is 0 Å². The maximum atomic E-state index is 4.56. The first-order chi connectivity index (χ1) is 9.24. The molecule has 3 heteroatoms. The molecule has 1 aromatic rings. The molecule has 0 aromatic carbocycles. The Balaban J connectivity index is 2.03. The van der Waals surface area contributed by atoms with Gasteiger partial charge in [0.2, 0.25) is 0 Å². The first-order valence-electron chi connectivity index (χ1n) is 7.68. The number of rotatable bonds is 6. The zero-order chi connectivity index (χ0) is 13.7. The van der Waals surface area contributed by atoms with Gasteiger partial charge in [-0.15, -0.1) is 0 Å². The molecule has 2 unspecified atom stereocenters. The molecular weight excluding hydrogens is 234 g/mol. The van der Waals surface area contributed by atoms with Crippen molar-refractivity contribution in [2.24, 2.45) is 5.92 Å². The minimum Gasteiger partial charge on any atom is -0.356 e. The average molecular weight is 261 g/mol. The summed E-state index contributed by atoms with van der Waals surface area (Å²) in [5.41, 5.74) is 1.34. The SMILES string of the molecule is CCCC1CCN(c2cc(C(C)NCC)ccn2)C1. The Bertz CT molecular complexity index is 391. The second kappa shape index (κ2) is 6.90. The summed E-state index contributed by atoms with van der Waals surface area (Å²) >= 11 is 0. The van der Waals surface area contributed by atoms with Crippen LogP contribution in [-0.4, -0.2) is 24.6 Å². The molecule has 1 N–H and O–H groups in total. The Labute approximate surface area is 117 Å². The van der Waals surface area contributed by atoms with Gasteiger partial charge in [-0.1, -0.05) is 20.3 Å². The third-order valence-corrected chi connectivity index (χ3v) is 4.09. The summed E-state index contributed by atoms with van der Waals surface area (Å²) in [7, 11) is 0. The number of pyridine rings is 1. The summed E-state index contributed by atoms with van der Waals surface area (Å²) in [6.07, 6.45) is 5.92. The predicted octanol–water partition coefficient (Wildman–Crippen LogP) is 3.38. The molecule has 1 aliphatic heterocycles. The number of nitrogens with zero attached hydrogens (tertiary/aromatic N) is 2. The van der Waals surface area contributed by atoms with Gasteiger partial charge in [0.15, 0.2) is 0 Å². The van der Waals surface area contributed by atoms with Crippen LogP contribution in [0.3, 0.4) is 0 Å². The maximum Gasteiger partial charge on any atom is 0.128 e. The second-order valence-electron chi connectivity index (χ2n) is 5.62. The van der Waals surface area contributed by atoms with Crippen LogP contribution >= 0.6 is 0 Å². The molecule has 0 spiro atoms. The van der Waals surface area contributed by atoms with Crippen LogP contribution < -0.4 is 10.2 Å². The minimum absolute atomic E-state index is 0.404. The lowest BCUT2D eigenvalue weighted by Gasteiger charge is -2.20.